The van der Waals surface area contributed by atoms with Gasteiger partial charge in [-0.25, -0.2) is 0 Å². The summed E-state index contributed by atoms with van der Waals surface area (Å²) in [5.41, 5.74) is 0.948. The van der Waals surface area contributed by atoms with E-state index in [9.17, 15) is 0 Å². The van der Waals surface area contributed by atoms with Gasteiger partial charge in [-0.05, 0) is 62.7 Å². The monoisotopic (exact) mass is 222 g/mol. The van der Waals surface area contributed by atoms with Gasteiger partial charge in [0.2, 0.25) is 0 Å². The first kappa shape index (κ1) is 11.1. The van der Waals surface area contributed by atoms with E-state index in [4.69, 9.17) is 4.74 Å². The third kappa shape index (κ3) is 1.16. The molecule has 3 aliphatic rings. The first-order valence-electron chi connectivity index (χ1n) is 7.11. The number of fused-ring (bicyclic) bond motifs is 1. The van der Waals surface area contributed by atoms with E-state index < -0.39 is 0 Å². The molecule has 1 aliphatic carbocycles. The van der Waals surface area contributed by atoms with Crippen LogP contribution in [0.25, 0.3) is 0 Å². The molecule has 0 aromatic carbocycles. The molecule has 2 heterocycles. The molecular formula is C15H26O. The van der Waals surface area contributed by atoms with Gasteiger partial charge in [-0.1, -0.05) is 20.8 Å². The minimum absolute atomic E-state index is 0.219. The second kappa shape index (κ2) is 3.04. The van der Waals surface area contributed by atoms with Crippen LogP contribution in [-0.4, -0.2) is 11.2 Å². The minimum Gasteiger partial charge on any atom is -0.368 e. The average Bonchev–Trinajstić information content (AvgIpc) is 2.66. The summed E-state index contributed by atoms with van der Waals surface area (Å²) in [4.78, 5) is 0. The zero-order valence-electron chi connectivity index (χ0n) is 11.3. The Balaban J connectivity index is 2.02. The van der Waals surface area contributed by atoms with Crippen LogP contribution in [-0.2, 0) is 4.74 Å². The standard InChI is InChI=1S/C15H26O/c1-11(2)12-5-6-13(3)7-8-14(4)9-10-15(12,13)16-14/h11-12H,5-10H2,1-4H3/t12-,13+,14+,15-/m0/s1. The number of rotatable bonds is 1. The van der Waals surface area contributed by atoms with Crippen molar-refractivity contribution in [1.82, 2.24) is 0 Å². The van der Waals surface area contributed by atoms with E-state index in [0.717, 1.165) is 11.8 Å². The largest absolute Gasteiger partial charge is 0.368 e. The molecule has 2 bridgehead atoms. The minimum atomic E-state index is 0.219. The fourth-order valence-corrected chi connectivity index (χ4v) is 4.97. The van der Waals surface area contributed by atoms with Gasteiger partial charge in [-0.15, -0.1) is 0 Å². The van der Waals surface area contributed by atoms with E-state index in [-0.39, 0.29) is 11.2 Å². The summed E-state index contributed by atoms with van der Waals surface area (Å²) in [5, 5.41) is 0. The van der Waals surface area contributed by atoms with Gasteiger partial charge < -0.3 is 4.74 Å². The van der Waals surface area contributed by atoms with E-state index in [1.165, 1.54) is 38.5 Å². The molecule has 1 spiro atoms. The van der Waals surface area contributed by atoms with Crippen LogP contribution in [0, 0.1) is 17.3 Å². The lowest BCUT2D eigenvalue weighted by molar-refractivity contribution is -0.206. The second-order valence-electron chi connectivity index (χ2n) is 7.39. The Morgan fingerprint density at radius 3 is 2.38 bits per heavy atom. The molecule has 16 heavy (non-hydrogen) atoms. The maximum Gasteiger partial charge on any atom is 0.0774 e. The summed E-state index contributed by atoms with van der Waals surface area (Å²) in [7, 11) is 0. The van der Waals surface area contributed by atoms with Crippen LogP contribution in [0.2, 0.25) is 0 Å². The number of ether oxygens (including phenoxy) is 1. The maximum absolute atomic E-state index is 6.67. The Bertz CT molecular complexity index is 311. The second-order valence-corrected chi connectivity index (χ2v) is 7.39. The fourth-order valence-electron chi connectivity index (χ4n) is 4.97. The lowest BCUT2D eigenvalue weighted by Gasteiger charge is -2.51. The highest BCUT2D eigenvalue weighted by atomic mass is 16.5. The third-order valence-electron chi connectivity index (χ3n) is 6.09. The molecule has 1 heteroatoms. The molecule has 4 atom stereocenters. The maximum atomic E-state index is 6.67. The summed E-state index contributed by atoms with van der Waals surface area (Å²) in [6.45, 7) is 9.62. The Morgan fingerprint density at radius 1 is 1.00 bits per heavy atom. The van der Waals surface area contributed by atoms with Gasteiger partial charge in [0.25, 0.3) is 0 Å². The molecule has 0 unspecified atom stereocenters. The Labute approximate surface area is 99.9 Å². The molecule has 3 rings (SSSR count). The van der Waals surface area contributed by atoms with Crippen LogP contribution in [0.1, 0.15) is 66.2 Å². The summed E-state index contributed by atoms with van der Waals surface area (Å²) in [5.74, 6) is 1.59. The van der Waals surface area contributed by atoms with Gasteiger partial charge in [0.15, 0.2) is 0 Å². The van der Waals surface area contributed by atoms with Crippen molar-refractivity contribution in [2.24, 2.45) is 17.3 Å². The Kier molecular flexibility index (Phi) is 2.11. The van der Waals surface area contributed by atoms with Crippen LogP contribution in [0.4, 0.5) is 0 Å². The third-order valence-corrected chi connectivity index (χ3v) is 6.09. The molecule has 2 saturated heterocycles. The van der Waals surface area contributed by atoms with Crippen LogP contribution in [0.5, 0.6) is 0 Å². The normalized spacial score (nSPS) is 55.7. The van der Waals surface area contributed by atoms with Crippen LogP contribution < -0.4 is 0 Å². The molecule has 3 fully saturated rings. The SMILES string of the molecule is CC(C)[C@@H]1CC[C@]2(C)CC[C@]3(C)CC[C@]12O3. The molecule has 1 nitrogen and oxygen atoms in total. The first-order valence-corrected chi connectivity index (χ1v) is 7.11. The summed E-state index contributed by atoms with van der Waals surface area (Å²) >= 11 is 0. The van der Waals surface area contributed by atoms with Gasteiger partial charge >= 0.3 is 0 Å². The smallest absolute Gasteiger partial charge is 0.0774 e. The van der Waals surface area contributed by atoms with Crippen molar-refractivity contribution >= 4 is 0 Å². The van der Waals surface area contributed by atoms with E-state index in [2.05, 4.69) is 27.7 Å². The van der Waals surface area contributed by atoms with Crippen molar-refractivity contribution in [2.45, 2.75) is 77.4 Å². The van der Waals surface area contributed by atoms with Gasteiger partial charge in [0.1, 0.15) is 0 Å². The van der Waals surface area contributed by atoms with Crippen molar-refractivity contribution in [2.75, 3.05) is 0 Å². The molecular weight excluding hydrogens is 196 g/mol. The quantitative estimate of drug-likeness (QED) is 0.647. The van der Waals surface area contributed by atoms with Crippen molar-refractivity contribution in [3.63, 3.8) is 0 Å². The summed E-state index contributed by atoms with van der Waals surface area (Å²) < 4.78 is 6.67. The first-order chi connectivity index (χ1) is 7.41. The molecule has 0 aromatic rings. The summed E-state index contributed by atoms with van der Waals surface area (Å²) in [6, 6.07) is 0. The molecule has 92 valence electrons. The van der Waals surface area contributed by atoms with Crippen LogP contribution in [0.15, 0.2) is 0 Å². The number of hydrogen-bond acceptors (Lipinski definition) is 1. The molecule has 0 N–H and O–H groups in total. The predicted octanol–water partition coefficient (Wildman–Crippen LogP) is 4.16. The average molecular weight is 222 g/mol. The van der Waals surface area contributed by atoms with Crippen molar-refractivity contribution in [3.05, 3.63) is 0 Å². The molecule has 2 aliphatic heterocycles. The number of hydrogen-bond donors (Lipinski definition) is 0. The van der Waals surface area contributed by atoms with Gasteiger partial charge in [0, 0.05) is 0 Å². The lowest BCUT2D eigenvalue weighted by Crippen LogP contribution is -2.53. The van der Waals surface area contributed by atoms with E-state index >= 15 is 0 Å². The van der Waals surface area contributed by atoms with Crippen molar-refractivity contribution in [3.8, 4) is 0 Å². The van der Waals surface area contributed by atoms with Gasteiger partial charge in [-0.2, -0.15) is 0 Å². The highest BCUT2D eigenvalue weighted by molar-refractivity contribution is 5.16. The van der Waals surface area contributed by atoms with Gasteiger partial charge in [-0.3, -0.25) is 0 Å². The van der Waals surface area contributed by atoms with Gasteiger partial charge in [0.05, 0.1) is 11.2 Å². The Hall–Kier alpha value is -0.0400. The Morgan fingerprint density at radius 2 is 1.69 bits per heavy atom. The van der Waals surface area contributed by atoms with Crippen molar-refractivity contribution in [1.29, 1.82) is 0 Å². The van der Waals surface area contributed by atoms with Crippen molar-refractivity contribution < 1.29 is 4.74 Å². The van der Waals surface area contributed by atoms with E-state index in [1.54, 1.807) is 0 Å². The molecule has 1 saturated carbocycles. The van der Waals surface area contributed by atoms with E-state index in [1.807, 2.05) is 0 Å². The highest BCUT2D eigenvalue weighted by Crippen LogP contribution is 2.67. The molecule has 0 radical (unpaired) electrons. The zero-order chi connectivity index (χ0) is 11.6. The molecule has 0 aromatic heterocycles. The summed E-state index contributed by atoms with van der Waals surface area (Å²) in [6.07, 6.45) is 8.09. The fraction of sp³-hybridized carbons (Fsp3) is 1.00. The highest BCUT2D eigenvalue weighted by Gasteiger charge is 2.66. The topological polar surface area (TPSA) is 9.23 Å². The predicted molar refractivity (Wildman–Crippen MR) is 66.4 cm³/mol. The van der Waals surface area contributed by atoms with Crippen LogP contribution >= 0.6 is 0 Å². The zero-order valence-corrected chi connectivity index (χ0v) is 11.3. The molecule has 0 amide bonds. The lowest BCUT2D eigenvalue weighted by atomic mass is 9.66. The van der Waals surface area contributed by atoms with Crippen LogP contribution in [0.3, 0.4) is 0 Å². The van der Waals surface area contributed by atoms with E-state index in [0.29, 0.717) is 5.41 Å².